The van der Waals surface area contributed by atoms with E-state index in [1.165, 1.54) is 6.92 Å². The van der Waals surface area contributed by atoms with Gasteiger partial charge >= 0.3 is 6.18 Å². The molecule has 0 aliphatic rings. The molecule has 0 spiro atoms. The summed E-state index contributed by atoms with van der Waals surface area (Å²) < 4.78 is 38.9. The molecule has 0 aliphatic carbocycles. The van der Waals surface area contributed by atoms with Gasteiger partial charge in [0, 0.05) is 12.3 Å². The number of Topliss-reactive ketones (excluding diaryl/α,β-unsaturated/α-hetero) is 1. The lowest BCUT2D eigenvalue weighted by atomic mass is 10.0. The first-order valence-electron chi connectivity index (χ1n) is 7.78. The van der Waals surface area contributed by atoms with Crippen LogP contribution in [0.3, 0.4) is 0 Å². The topological polar surface area (TPSA) is 68.2 Å². The number of amides is 1. The second-order valence-corrected chi connectivity index (χ2v) is 5.80. The van der Waals surface area contributed by atoms with Crippen molar-refractivity contribution in [2.75, 3.05) is 0 Å². The first-order chi connectivity index (χ1) is 12.2. The molecule has 0 unspecified atom stereocenters. The number of rotatable bonds is 6. The summed E-state index contributed by atoms with van der Waals surface area (Å²) in [5.74, 6) is -1.01. The largest absolute Gasteiger partial charge is 0.417 e. The van der Waals surface area contributed by atoms with E-state index in [4.69, 9.17) is 0 Å². The van der Waals surface area contributed by atoms with Gasteiger partial charge in [-0.1, -0.05) is 30.3 Å². The van der Waals surface area contributed by atoms with Crippen molar-refractivity contribution in [2.45, 2.75) is 32.1 Å². The number of carbonyl (C=O) groups excluding carboxylic acids is 2. The second kappa shape index (κ2) is 7.99. The van der Waals surface area contributed by atoms with Crippen LogP contribution in [0.25, 0.3) is 0 Å². The molecule has 2 rings (SSSR count). The van der Waals surface area contributed by atoms with Crippen LogP contribution >= 0.6 is 0 Å². The molecule has 0 fully saturated rings. The van der Waals surface area contributed by atoms with Crippen molar-refractivity contribution in [2.24, 2.45) is 0 Å². The molecule has 0 saturated heterocycles. The molecule has 0 aliphatic heterocycles. The molecular weight excluding hydrogens is 349 g/mol. The first-order valence-corrected chi connectivity index (χ1v) is 7.78. The quantitative estimate of drug-likeness (QED) is 0.852. The number of nitrogens with zero attached hydrogens (tertiary/aromatic N) is 1. The minimum Gasteiger partial charge on any atom is -0.344 e. The molecule has 8 heteroatoms. The van der Waals surface area contributed by atoms with E-state index < -0.39 is 35.8 Å². The third kappa shape index (κ3) is 5.30. The fourth-order valence-corrected chi connectivity index (χ4v) is 2.36. The summed E-state index contributed by atoms with van der Waals surface area (Å²) in [5, 5.41) is 2.47. The zero-order chi connectivity index (χ0) is 19.3. The van der Waals surface area contributed by atoms with Gasteiger partial charge in [0.05, 0.1) is 11.6 Å². The van der Waals surface area contributed by atoms with Gasteiger partial charge in [0.25, 0.3) is 5.56 Å². The predicted octanol–water partition coefficient (Wildman–Crippen LogP) is 2.18. The Bertz CT molecular complexity index is 845. The molecule has 1 aromatic carbocycles. The number of carbonyl (C=O) groups is 2. The third-order valence-electron chi connectivity index (χ3n) is 3.73. The summed E-state index contributed by atoms with van der Waals surface area (Å²) in [6.45, 7) is 0.700. The lowest BCUT2D eigenvalue weighted by Crippen LogP contribution is -2.43. The van der Waals surface area contributed by atoms with Crippen LogP contribution in [-0.2, 0) is 28.7 Å². The monoisotopic (exact) mass is 366 g/mol. The predicted molar refractivity (Wildman–Crippen MR) is 88.5 cm³/mol. The van der Waals surface area contributed by atoms with Crippen LogP contribution < -0.4 is 10.9 Å². The molecule has 26 heavy (non-hydrogen) atoms. The van der Waals surface area contributed by atoms with Gasteiger partial charge in [-0.3, -0.25) is 14.4 Å². The summed E-state index contributed by atoms with van der Waals surface area (Å²) in [6.07, 6.45) is -3.79. The van der Waals surface area contributed by atoms with Crippen molar-refractivity contribution < 1.29 is 22.8 Å². The SMILES string of the molecule is CC(=O)[C@@H](Cc1ccccc1)NC(=O)Cn1cc(C(F)(F)F)ccc1=O. The average Bonchev–Trinajstić information content (AvgIpc) is 2.56. The Kier molecular flexibility index (Phi) is 5.97. The molecule has 2 aromatic rings. The average molecular weight is 366 g/mol. The summed E-state index contributed by atoms with van der Waals surface area (Å²) in [4.78, 5) is 35.6. The molecule has 138 valence electrons. The summed E-state index contributed by atoms with van der Waals surface area (Å²) >= 11 is 0. The van der Waals surface area contributed by atoms with Crippen LogP contribution in [0.5, 0.6) is 0 Å². The van der Waals surface area contributed by atoms with Crippen LogP contribution in [0.1, 0.15) is 18.1 Å². The van der Waals surface area contributed by atoms with Crippen LogP contribution in [0.2, 0.25) is 0 Å². The van der Waals surface area contributed by atoms with Crippen molar-refractivity contribution >= 4 is 11.7 Å². The highest BCUT2D eigenvalue weighted by Gasteiger charge is 2.31. The van der Waals surface area contributed by atoms with E-state index >= 15 is 0 Å². The third-order valence-corrected chi connectivity index (χ3v) is 3.73. The number of hydrogen-bond donors (Lipinski definition) is 1. The Morgan fingerprint density at radius 2 is 1.77 bits per heavy atom. The maximum absolute atomic E-state index is 12.7. The Labute approximate surface area is 147 Å². The number of ketones is 1. The van der Waals surface area contributed by atoms with Gasteiger partial charge in [-0.25, -0.2) is 0 Å². The zero-order valence-electron chi connectivity index (χ0n) is 13.9. The van der Waals surface area contributed by atoms with Crippen molar-refractivity contribution in [1.82, 2.24) is 9.88 Å². The van der Waals surface area contributed by atoms with Gasteiger partial charge in [-0.05, 0) is 25.0 Å². The smallest absolute Gasteiger partial charge is 0.344 e. The number of hydrogen-bond acceptors (Lipinski definition) is 3. The first kappa shape index (κ1) is 19.4. The lowest BCUT2D eigenvalue weighted by Gasteiger charge is -2.17. The van der Waals surface area contributed by atoms with E-state index in [0.29, 0.717) is 16.8 Å². The van der Waals surface area contributed by atoms with Gasteiger partial charge in [0.2, 0.25) is 5.91 Å². The maximum Gasteiger partial charge on any atom is 0.417 e. The van der Waals surface area contributed by atoms with Crippen LogP contribution in [0.4, 0.5) is 13.2 Å². The number of aromatic nitrogens is 1. The fraction of sp³-hybridized carbons (Fsp3) is 0.278. The lowest BCUT2D eigenvalue weighted by molar-refractivity contribution is -0.138. The standard InChI is InChI=1S/C18H17F3N2O3/c1-12(24)15(9-13-5-3-2-4-6-13)22-16(25)11-23-10-14(18(19,20)21)7-8-17(23)26/h2-8,10,15H,9,11H2,1H3,(H,22,25)/t15-/m1/s1. The summed E-state index contributed by atoms with van der Waals surface area (Å²) in [5.41, 5.74) is -0.947. The Morgan fingerprint density at radius 1 is 1.12 bits per heavy atom. The van der Waals surface area contributed by atoms with E-state index in [1.54, 1.807) is 24.3 Å². The molecule has 1 amide bonds. The van der Waals surface area contributed by atoms with Crippen LogP contribution in [0.15, 0.2) is 53.5 Å². The Hall–Kier alpha value is -2.90. The number of halogens is 3. The van der Waals surface area contributed by atoms with Crippen molar-refractivity contribution in [3.8, 4) is 0 Å². The fourth-order valence-electron chi connectivity index (χ4n) is 2.36. The minimum atomic E-state index is -4.62. The van der Waals surface area contributed by atoms with E-state index in [0.717, 1.165) is 11.6 Å². The molecule has 1 N–H and O–H groups in total. The van der Waals surface area contributed by atoms with Crippen molar-refractivity contribution in [3.63, 3.8) is 0 Å². The van der Waals surface area contributed by atoms with Crippen LogP contribution in [0, 0.1) is 0 Å². The second-order valence-electron chi connectivity index (χ2n) is 5.80. The van der Waals surface area contributed by atoms with Crippen LogP contribution in [-0.4, -0.2) is 22.3 Å². The number of benzene rings is 1. The number of pyridine rings is 1. The molecule has 0 saturated carbocycles. The van der Waals surface area contributed by atoms with Crippen molar-refractivity contribution in [3.05, 3.63) is 70.1 Å². The molecule has 0 bridgehead atoms. The zero-order valence-corrected chi connectivity index (χ0v) is 13.9. The summed E-state index contributed by atoms with van der Waals surface area (Å²) in [7, 11) is 0. The molecular formula is C18H17F3N2O3. The molecule has 1 aromatic heterocycles. The molecule has 1 atom stereocenters. The van der Waals surface area contributed by atoms with E-state index in [1.807, 2.05) is 6.07 Å². The van der Waals surface area contributed by atoms with E-state index in [9.17, 15) is 27.6 Å². The summed E-state index contributed by atoms with van der Waals surface area (Å²) in [6, 6.07) is 9.55. The van der Waals surface area contributed by atoms with Gasteiger partial charge in [-0.15, -0.1) is 0 Å². The number of nitrogens with one attached hydrogen (secondary N) is 1. The van der Waals surface area contributed by atoms with E-state index in [-0.39, 0.29) is 12.2 Å². The van der Waals surface area contributed by atoms with E-state index in [2.05, 4.69) is 5.32 Å². The normalized spacial score (nSPS) is 12.5. The maximum atomic E-state index is 12.7. The minimum absolute atomic E-state index is 0.249. The highest BCUT2D eigenvalue weighted by molar-refractivity contribution is 5.87. The highest BCUT2D eigenvalue weighted by atomic mass is 19.4. The Morgan fingerprint density at radius 3 is 2.35 bits per heavy atom. The molecule has 0 radical (unpaired) electrons. The number of alkyl halides is 3. The Balaban J connectivity index is 2.11. The molecule has 5 nitrogen and oxygen atoms in total. The van der Waals surface area contributed by atoms with Gasteiger partial charge in [0.15, 0.2) is 5.78 Å². The van der Waals surface area contributed by atoms with Gasteiger partial charge < -0.3 is 9.88 Å². The van der Waals surface area contributed by atoms with Gasteiger partial charge in [-0.2, -0.15) is 13.2 Å². The van der Waals surface area contributed by atoms with Gasteiger partial charge in [0.1, 0.15) is 6.54 Å². The van der Waals surface area contributed by atoms with Crippen molar-refractivity contribution in [1.29, 1.82) is 0 Å². The molecule has 1 heterocycles. The highest BCUT2D eigenvalue weighted by Crippen LogP contribution is 2.27.